The van der Waals surface area contributed by atoms with Crippen LogP contribution in [0, 0.1) is 0 Å². The number of rotatable bonds is 4. The number of hydrogen-bond acceptors (Lipinski definition) is 2. The molecule has 5 nitrogen and oxygen atoms in total. The third kappa shape index (κ3) is 3.10. The minimum Gasteiger partial charge on any atom is -0.348 e. The maximum absolute atomic E-state index is 12.1. The number of hydrogen-bond donors (Lipinski definition) is 2. The van der Waals surface area contributed by atoms with Crippen molar-refractivity contribution in [1.82, 2.24) is 5.32 Å². The van der Waals surface area contributed by atoms with E-state index in [2.05, 4.69) is 34.3 Å². The maximum atomic E-state index is 12.1. The summed E-state index contributed by atoms with van der Waals surface area (Å²) in [6, 6.07) is 6.68. The number of anilines is 1. The average Bonchev–Trinajstić information content (AvgIpc) is 3.31. The first-order valence-electron chi connectivity index (χ1n) is 7.60. The molecule has 0 spiro atoms. The van der Waals surface area contributed by atoms with Crippen LogP contribution in [0.25, 0.3) is 0 Å². The Kier molecular flexibility index (Phi) is 3.87. The van der Waals surface area contributed by atoms with Crippen molar-refractivity contribution in [3.63, 3.8) is 0 Å². The molecule has 108 valence electrons. The van der Waals surface area contributed by atoms with Crippen LogP contribution in [0.2, 0.25) is 0 Å². The molecule has 1 atom stereocenters. The number of carbonyl (C=O) groups is 1. The van der Waals surface area contributed by atoms with Crippen LogP contribution in [0.1, 0.15) is 19.8 Å². The first kappa shape index (κ1) is 13.4. The first-order chi connectivity index (χ1) is 9.74. The van der Waals surface area contributed by atoms with Gasteiger partial charge in [-0.1, -0.05) is 6.07 Å². The number of carbonyl (C=O) groups excluding carboxylic acids is 1. The molecule has 1 aromatic heterocycles. The van der Waals surface area contributed by atoms with Crippen molar-refractivity contribution in [2.45, 2.75) is 31.8 Å². The number of quaternary nitrogens is 1. The van der Waals surface area contributed by atoms with Gasteiger partial charge < -0.3 is 10.2 Å². The van der Waals surface area contributed by atoms with Crippen molar-refractivity contribution >= 4 is 11.7 Å². The van der Waals surface area contributed by atoms with Crippen molar-refractivity contribution in [1.29, 1.82) is 0 Å². The molecule has 1 saturated heterocycles. The van der Waals surface area contributed by atoms with Gasteiger partial charge in [-0.3, -0.25) is 9.69 Å². The van der Waals surface area contributed by atoms with Gasteiger partial charge in [-0.15, -0.1) is 0 Å². The Balaban J connectivity index is 1.51. The fourth-order valence-electron chi connectivity index (χ4n) is 2.79. The fourth-order valence-corrected chi connectivity index (χ4v) is 2.79. The molecule has 1 amide bonds. The normalized spacial score (nSPS) is 21.6. The molecule has 3 rings (SSSR count). The second-order valence-corrected chi connectivity index (χ2v) is 5.90. The van der Waals surface area contributed by atoms with Crippen LogP contribution in [-0.2, 0) is 4.79 Å². The van der Waals surface area contributed by atoms with Crippen molar-refractivity contribution in [3.05, 3.63) is 24.4 Å². The van der Waals surface area contributed by atoms with Crippen molar-refractivity contribution in [3.8, 4) is 0 Å². The van der Waals surface area contributed by atoms with Crippen LogP contribution in [0.4, 0.5) is 5.82 Å². The fraction of sp³-hybridized carbons (Fsp3) is 0.600. The molecule has 2 fully saturated rings. The van der Waals surface area contributed by atoms with E-state index in [1.165, 1.54) is 10.7 Å². The molecule has 0 radical (unpaired) electrons. The number of pyridine rings is 1. The molecular weight excluding hydrogens is 252 g/mol. The first-order valence-corrected chi connectivity index (χ1v) is 7.60. The second-order valence-electron chi connectivity index (χ2n) is 5.90. The van der Waals surface area contributed by atoms with E-state index >= 15 is 0 Å². The predicted octanol–water partition coefficient (Wildman–Crippen LogP) is -1.13. The maximum Gasteiger partial charge on any atom is 0.278 e. The minimum absolute atomic E-state index is 0.0671. The van der Waals surface area contributed by atoms with Gasteiger partial charge in [0.25, 0.3) is 11.7 Å². The summed E-state index contributed by atoms with van der Waals surface area (Å²) < 4.78 is 0. The second kappa shape index (κ2) is 5.79. The number of aromatic nitrogens is 1. The lowest BCUT2D eigenvalue weighted by Gasteiger charge is -2.31. The van der Waals surface area contributed by atoms with E-state index in [0.29, 0.717) is 6.04 Å². The van der Waals surface area contributed by atoms with Crippen LogP contribution >= 0.6 is 0 Å². The Morgan fingerprint density at radius 2 is 2.15 bits per heavy atom. The number of piperazine rings is 1. The highest BCUT2D eigenvalue weighted by Gasteiger charge is 2.34. The molecule has 2 aliphatic rings. The van der Waals surface area contributed by atoms with Gasteiger partial charge in [-0.25, -0.2) is 4.98 Å². The molecule has 1 aromatic rings. The highest BCUT2D eigenvalue weighted by molar-refractivity contribution is 5.80. The van der Waals surface area contributed by atoms with Crippen molar-refractivity contribution in [2.75, 3.05) is 31.1 Å². The average molecular weight is 276 g/mol. The Morgan fingerprint density at radius 3 is 2.75 bits per heavy atom. The minimum atomic E-state index is 0.0671. The predicted molar refractivity (Wildman–Crippen MR) is 76.5 cm³/mol. The summed E-state index contributed by atoms with van der Waals surface area (Å²) in [7, 11) is 0. The Morgan fingerprint density at radius 1 is 1.40 bits per heavy atom. The molecule has 0 unspecified atom stereocenters. The van der Waals surface area contributed by atoms with E-state index in [1.54, 1.807) is 0 Å². The molecule has 0 bridgehead atoms. The largest absolute Gasteiger partial charge is 0.348 e. The molecule has 0 aromatic carbocycles. The van der Waals surface area contributed by atoms with Gasteiger partial charge >= 0.3 is 0 Å². The number of nitrogens with one attached hydrogen (secondary N) is 3. The van der Waals surface area contributed by atoms with E-state index in [4.69, 9.17) is 0 Å². The number of H-pyrrole nitrogens is 1. The molecule has 5 heteroatoms. The van der Waals surface area contributed by atoms with Gasteiger partial charge in [0.2, 0.25) is 0 Å². The molecule has 20 heavy (non-hydrogen) atoms. The number of amides is 1. The standard InChI is InChI=1S/C15H22N4O/c1-12(15(20)17-13-5-6-13)18-8-10-19(11-9-18)14-4-2-3-7-16-14/h2-4,7,12-13H,5-6,8-11H2,1H3,(H,17,20)/p+2/t12-/m0/s1. The molecule has 1 saturated carbocycles. The number of aromatic amines is 1. The lowest BCUT2D eigenvalue weighted by atomic mass is 10.2. The van der Waals surface area contributed by atoms with Gasteiger partial charge in [-0.2, -0.15) is 0 Å². The van der Waals surface area contributed by atoms with Crippen LogP contribution < -0.4 is 20.1 Å². The lowest BCUT2D eigenvalue weighted by molar-refractivity contribution is -0.914. The van der Waals surface area contributed by atoms with Gasteiger partial charge in [0.1, 0.15) is 26.2 Å². The highest BCUT2D eigenvalue weighted by Crippen LogP contribution is 2.18. The summed E-state index contributed by atoms with van der Waals surface area (Å²) in [4.78, 5) is 19.1. The van der Waals surface area contributed by atoms with E-state index in [-0.39, 0.29) is 11.9 Å². The number of nitrogens with zero attached hydrogens (tertiary/aromatic N) is 1. The summed E-state index contributed by atoms with van der Waals surface area (Å²) in [5, 5.41) is 3.11. The molecule has 2 heterocycles. The Labute approximate surface area is 120 Å². The summed E-state index contributed by atoms with van der Waals surface area (Å²) in [5.74, 6) is 1.39. The van der Waals surface area contributed by atoms with E-state index in [9.17, 15) is 4.79 Å². The molecular formula is C15H24N4O+2. The zero-order chi connectivity index (χ0) is 13.9. The van der Waals surface area contributed by atoms with Gasteiger partial charge in [0, 0.05) is 12.1 Å². The van der Waals surface area contributed by atoms with Crippen molar-refractivity contribution < 1.29 is 14.7 Å². The van der Waals surface area contributed by atoms with Crippen molar-refractivity contribution in [2.24, 2.45) is 0 Å². The van der Waals surface area contributed by atoms with Gasteiger partial charge in [0.15, 0.2) is 6.04 Å². The van der Waals surface area contributed by atoms with E-state index < -0.39 is 0 Å². The lowest BCUT2D eigenvalue weighted by Crippen LogP contribution is -3.19. The van der Waals surface area contributed by atoms with Gasteiger partial charge in [-0.05, 0) is 25.8 Å². The van der Waals surface area contributed by atoms with E-state index in [1.807, 2.05) is 12.3 Å². The van der Waals surface area contributed by atoms with Crippen LogP contribution in [-0.4, -0.2) is 44.2 Å². The summed E-state index contributed by atoms with van der Waals surface area (Å²) >= 11 is 0. The summed E-state index contributed by atoms with van der Waals surface area (Å²) in [6.07, 6.45) is 4.27. The highest BCUT2D eigenvalue weighted by atomic mass is 16.2. The van der Waals surface area contributed by atoms with Crippen LogP contribution in [0.5, 0.6) is 0 Å². The Hall–Kier alpha value is -1.62. The topological polar surface area (TPSA) is 50.9 Å². The smallest absolute Gasteiger partial charge is 0.278 e. The monoisotopic (exact) mass is 276 g/mol. The zero-order valence-corrected chi connectivity index (χ0v) is 12.1. The van der Waals surface area contributed by atoms with Crippen LogP contribution in [0.3, 0.4) is 0 Å². The van der Waals surface area contributed by atoms with Gasteiger partial charge in [0.05, 0.1) is 6.20 Å². The third-order valence-corrected chi connectivity index (χ3v) is 4.37. The van der Waals surface area contributed by atoms with Crippen LogP contribution in [0.15, 0.2) is 24.4 Å². The molecule has 1 aliphatic heterocycles. The molecule has 1 aliphatic carbocycles. The summed E-state index contributed by atoms with van der Waals surface area (Å²) in [5.41, 5.74) is 0. The van der Waals surface area contributed by atoms with E-state index in [0.717, 1.165) is 39.0 Å². The quantitative estimate of drug-likeness (QED) is 0.731. The summed E-state index contributed by atoms with van der Waals surface area (Å²) in [6.45, 7) is 6.08. The molecule has 3 N–H and O–H groups in total. The zero-order valence-electron chi connectivity index (χ0n) is 12.1. The third-order valence-electron chi connectivity index (χ3n) is 4.37. The Bertz CT molecular complexity index is 452. The SMILES string of the molecule is C[C@@H](C(=O)NC1CC1)[NH+]1CCN(c2cccc[nH+]2)CC1.